The lowest BCUT2D eigenvalue weighted by Gasteiger charge is -2.19. The lowest BCUT2D eigenvalue weighted by Crippen LogP contribution is -2.08. The molecule has 4 heteroatoms. The Bertz CT molecular complexity index is 607. The summed E-state index contributed by atoms with van der Waals surface area (Å²) in [4.78, 5) is 10.8. The molecule has 2 rings (SSSR count). The number of phenols is 1. The molecule has 0 aromatic heterocycles. The van der Waals surface area contributed by atoms with Crippen LogP contribution in [0.25, 0.3) is 0 Å². The number of aromatic hydroxyl groups is 1. The van der Waals surface area contributed by atoms with E-state index in [1.165, 1.54) is 0 Å². The lowest BCUT2D eigenvalue weighted by atomic mass is 9.88. The minimum atomic E-state index is -1.34. The van der Waals surface area contributed by atoms with E-state index in [9.17, 15) is 9.90 Å². The highest BCUT2D eigenvalue weighted by Crippen LogP contribution is 2.37. The Labute approximate surface area is 117 Å². The largest absolute Gasteiger partial charge is 0.511 e. The summed E-state index contributed by atoms with van der Waals surface area (Å²) >= 11 is 0. The molecule has 0 aliphatic carbocycles. The minimum Gasteiger partial charge on any atom is -0.508 e. The molecule has 0 aliphatic rings. The van der Waals surface area contributed by atoms with Crippen LogP contribution >= 0.6 is 0 Å². The van der Waals surface area contributed by atoms with Crippen LogP contribution in [0.5, 0.6) is 11.5 Å². The molecular weight excluding hydrogens is 256 g/mol. The van der Waals surface area contributed by atoms with Gasteiger partial charge in [0.1, 0.15) is 11.5 Å². The van der Waals surface area contributed by atoms with Crippen molar-refractivity contribution in [2.24, 2.45) is 0 Å². The first-order valence-corrected chi connectivity index (χ1v) is 6.41. The van der Waals surface area contributed by atoms with Gasteiger partial charge in [0.05, 0.1) is 0 Å². The molecule has 1 unspecified atom stereocenters. The summed E-state index contributed by atoms with van der Waals surface area (Å²) in [5.74, 6) is 0.381. The maximum atomic E-state index is 10.8. The van der Waals surface area contributed by atoms with Crippen LogP contribution < -0.4 is 4.74 Å². The molecule has 2 aromatic carbocycles. The Morgan fingerprint density at radius 1 is 1.10 bits per heavy atom. The highest BCUT2D eigenvalue weighted by atomic mass is 16.7. The topological polar surface area (TPSA) is 66.8 Å². The average molecular weight is 272 g/mol. The molecule has 0 amide bonds. The standard InChI is InChI=1S/C16H16O4/c1-2-11(12-7-3-5-9-14(12)17)13-8-4-6-10-15(13)20-16(18)19/h3-11,17H,2H2,1H3,(H,18,19). The van der Waals surface area contributed by atoms with E-state index >= 15 is 0 Å². The van der Waals surface area contributed by atoms with Crippen LogP contribution in [0.1, 0.15) is 30.4 Å². The first kappa shape index (κ1) is 13.9. The van der Waals surface area contributed by atoms with E-state index in [2.05, 4.69) is 0 Å². The van der Waals surface area contributed by atoms with Gasteiger partial charge in [-0.2, -0.15) is 0 Å². The van der Waals surface area contributed by atoms with Crippen molar-refractivity contribution < 1.29 is 19.7 Å². The van der Waals surface area contributed by atoms with Gasteiger partial charge >= 0.3 is 6.16 Å². The van der Waals surface area contributed by atoms with Gasteiger partial charge in [-0.25, -0.2) is 4.79 Å². The van der Waals surface area contributed by atoms with Crippen LogP contribution in [0.3, 0.4) is 0 Å². The molecule has 1 atom stereocenters. The Hall–Kier alpha value is -2.49. The summed E-state index contributed by atoms with van der Waals surface area (Å²) in [5, 5.41) is 18.8. The first-order valence-electron chi connectivity index (χ1n) is 6.41. The highest BCUT2D eigenvalue weighted by molar-refractivity contribution is 5.62. The zero-order chi connectivity index (χ0) is 14.5. The van der Waals surface area contributed by atoms with Crippen LogP contribution in [0.15, 0.2) is 48.5 Å². The third-order valence-electron chi connectivity index (χ3n) is 3.21. The number of rotatable bonds is 4. The second-order valence-electron chi connectivity index (χ2n) is 4.43. The van der Waals surface area contributed by atoms with E-state index in [0.717, 1.165) is 17.5 Å². The molecule has 0 spiro atoms. The van der Waals surface area contributed by atoms with Crippen LogP contribution in [-0.2, 0) is 0 Å². The number of phenolic OH excluding ortho intramolecular Hbond substituents is 1. The molecular formula is C16H16O4. The molecule has 2 N–H and O–H groups in total. The molecule has 0 radical (unpaired) electrons. The van der Waals surface area contributed by atoms with Crippen molar-refractivity contribution in [2.45, 2.75) is 19.3 Å². The van der Waals surface area contributed by atoms with Crippen LogP contribution in [0, 0.1) is 0 Å². The second-order valence-corrected chi connectivity index (χ2v) is 4.43. The smallest absolute Gasteiger partial charge is 0.508 e. The van der Waals surface area contributed by atoms with Crippen LogP contribution in [0.2, 0.25) is 0 Å². The number of carbonyl (C=O) groups is 1. The molecule has 20 heavy (non-hydrogen) atoms. The lowest BCUT2D eigenvalue weighted by molar-refractivity contribution is 0.144. The third-order valence-corrected chi connectivity index (χ3v) is 3.21. The van der Waals surface area contributed by atoms with E-state index in [4.69, 9.17) is 9.84 Å². The normalized spacial score (nSPS) is 11.8. The maximum Gasteiger partial charge on any atom is 0.511 e. The van der Waals surface area contributed by atoms with E-state index in [1.807, 2.05) is 31.2 Å². The Morgan fingerprint density at radius 3 is 2.30 bits per heavy atom. The van der Waals surface area contributed by atoms with Crippen molar-refractivity contribution in [3.8, 4) is 11.5 Å². The molecule has 0 saturated carbocycles. The summed E-state index contributed by atoms with van der Waals surface area (Å²) < 4.78 is 4.82. The van der Waals surface area contributed by atoms with Gasteiger partial charge in [0.25, 0.3) is 0 Å². The fourth-order valence-electron chi connectivity index (χ4n) is 2.34. The summed E-state index contributed by atoms with van der Waals surface area (Å²) in [7, 11) is 0. The van der Waals surface area contributed by atoms with E-state index < -0.39 is 6.16 Å². The van der Waals surface area contributed by atoms with Gasteiger partial charge in [0.2, 0.25) is 0 Å². The van der Waals surface area contributed by atoms with Crippen molar-refractivity contribution >= 4 is 6.16 Å². The Kier molecular flexibility index (Phi) is 4.25. The van der Waals surface area contributed by atoms with E-state index in [0.29, 0.717) is 5.75 Å². The van der Waals surface area contributed by atoms with Gasteiger partial charge in [-0.1, -0.05) is 43.3 Å². The van der Waals surface area contributed by atoms with Gasteiger partial charge in [-0.3, -0.25) is 0 Å². The number of hydrogen-bond acceptors (Lipinski definition) is 3. The van der Waals surface area contributed by atoms with Crippen molar-refractivity contribution in [2.75, 3.05) is 0 Å². The molecule has 104 valence electrons. The number of para-hydroxylation sites is 2. The highest BCUT2D eigenvalue weighted by Gasteiger charge is 2.20. The fourth-order valence-corrected chi connectivity index (χ4v) is 2.34. The SMILES string of the molecule is CCC(c1ccccc1O)c1ccccc1OC(=O)O. The van der Waals surface area contributed by atoms with E-state index in [-0.39, 0.29) is 11.7 Å². The predicted octanol–water partition coefficient (Wildman–Crippen LogP) is 3.99. The first-order chi connectivity index (χ1) is 9.63. The van der Waals surface area contributed by atoms with Crippen molar-refractivity contribution in [3.63, 3.8) is 0 Å². The summed E-state index contributed by atoms with van der Waals surface area (Å²) in [5.41, 5.74) is 1.51. The quantitative estimate of drug-likeness (QED) is 0.652. The summed E-state index contributed by atoms with van der Waals surface area (Å²) in [6, 6.07) is 14.0. The average Bonchev–Trinajstić information content (AvgIpc) is 2.43. The number of benzene rings is 2. The monoisotopic (exact) mass is 272 g/mol. The number of ether oxygens (including phenoxy) is 1. The van der Waals surface area contributed by atoms with Crippen molar-refractivity contribution in [3.05, 3.63) is 59.7 Å². The Morgan fingerprint density at radius 2 is 1.70 bits per heavy atom. The van der Waals surface area contributed by atoms with Gasteiger partial charge in [-0.15, -0.1) is 0 Å². The number of carboxylic acid groups (broad SMARTS) is 1. The zero-order valence-electron chi connectivity index (χ0n) is 11.1. The fraction of sp³-hybridized carbons (Fsp3) is 0.188. The molecule has 2 aromatic rings. The van der Waals surface area contributed by atoms with Gasteiger partial charge in [-0.05, 0) is 18.6 Å². The third kappa shape index (κ3) is 2.91. The van der Waals surface area contributed by atoms with Gasteiger partial charge in [0.15, 0.2) is 0 Å². The van der Waals surface area contributed by atoms with Gasteiger partial charge < -0.3 is 14.9 Å². The predicted molar refractivity (Wildman–Crippen MR) is 75.3 cm³/mol. The molecule has 0 bridgehead atoms. The second kappa shape index (κ2) is 6.10. The van der Waals surface area contributed by atoms with E-state index in [1.54, 1.807) is 24.3 Å². The summed E-state index contributed by atoms with van der Waals surface area (Å²) in [6.07, 6.45) is -0.623. The van der Waals surface area contributed by atoms with Crippen LogP contribution in [-0.4, -0.2) is 16.4 Å². The minimum absolute atomic E-state index is 0.119. The molecule has 0 fully saturated rings. The number of hydrogen-bond donors (Lipinski definition) is 2. The summed E-state index contributed by atoms with van der Waals surface area (Å²) in [6.45, 7) is 1.98. The molecule has 0 saturated heterocycles. The maximum absolute atomic E-state index is 10.8. The van der Waals surface area contributed by atoms with Gasteiger partial charge in [0, 0.05) is 17.0 Å². The molecule has 0 aliphatic heterocycles. The van der Waals surface area contributed by atoms with Crippen molar-refractivity contribution in [1.82, 2.24) is 0 Å². The zero-order valence-corrected chi connectivity index (χ0v) is 11.1. The molecule has 4 nitrogen and oxygen atoms in total. The Balaban J connectivity index is 2.47. The molecule has 0 heterocycles. The van der Waals surface area contributed by atoms with Crippen molar-refractivity contribution in [1.29, 1.82) is 0 Å². The van der Waals surface area contributed by atoms with Crippen LogP contribution in [0.4, 0.5) is 4.79 Å².